The summed E-state index contributed by atoms with van der Waals surface area (Å²) in [5.41, 5.74) is 1.79. The number of amides is 2. The van der Waals surface area contributed by atoms with Gasteiger partial charge in [0, 0.05) is 24.3 Å². The summed E-state index contributed by atoms with van der Waals surface area (Å²) in [4.78, 5) is 27.8. The topological polar surface area (TPSA) is 58.6 Å². The van der Waals surface area contributed by atoms with E-state index in [-0.39, 0.29) is 11.8 Å². The Morgan fingerprint density at radius 1 is 1.11 bits per heavy atom. The van der Waals surface area contributed by atoms with Gasteiger partial charge in [-0.3, -0.25) is 9.59 Å². The predicted octanol–water partition coefficient (Wildman–Crippen LogP) is 3.32. The Labute approximate surface area is 160 Å². The Hall–Kier alpha value is -2.82. The summed E-state index contributed by atoms with van der Waals surface area (Å²) >= 11 is 0. The van der Waals surface area contributed by atoms with Crippen LogP contribution in [0.5, 0.6) is 5.75 Å². The number of fused-ring (bicyclic) bond motifs is 1. The van der Waals surface area contributed by atoms with Gasteiger partial charge in [0.2, 0.25) is 11.8 Å². The fourth-order valence-corrected chi connectivity index (χ4v) is 3.42. The number of nitrogens with one attached hydrogen (secondary N) is 1. The number of para-hydroxylation sites is 2. The second-order valence-corrected chi connectivity index (χ2v) is 7.31. The monoisotopic (exact) mass is 366 g/mol. The highest BCUT2D eigenvalue weighted by Crippen LogP contribution is 2.31. The van der Waals surface area contributed by atoms with Gasteiger partial charge in [0.15, 0.2) is 0 Å². The van der Waals surface area contributed by atoms with Gasteiger partial charge < -0.3 is 15.0 Å². The number of rotatable bonds is 5. The number of carbonyl (C=O) groups excluding carboxylic acids is 2. The number of benzene rings is 2. The van der Waals surface area contributed by atoms with Crippen molar-refractivity contribution >= 4 is 17.5 Å². The van der Waals surface area contributed by atoms with Crippen molar-refractivity contribution in [2.75, 3.05) is 18.6 Å². The molecule has 5 heteroatoms. The molecule has 2 aromatic rings. The van der Waals surface area contributed by atoms with E-state index in [1.165, 1.54) is 0 Å². The van der Waals surface area contributed by atoms with Crippen molar-refractivity contribution in [2.24, 2.45) is 5.41 Å². The molecule has 5 nitrogen and oxygen atoms in total. The molecule has 0 aromatic heterocycles. The van der Waals surface area contributed by atoms with E-state index in [0.29, 0.717) is 18.8 Å². The lowest BCUT2D eigenvalue weighted by molar-refractivity contribution is -0.140. The van der Waals surface area contributed by atoms with E-state index in [2.05, 4.69) is 5.32 Å². The molecule has 0 bridgehead atoms. The van der Waals surface area contributed by atoms with Crippen molar-refractivity contribution in [3.05, 3.63) is 59.7 Å². The summed E-state index contributed by atoms with van der Waals surface area (Å²) in [7, 11) is 1.60. The van der Waals surface area contributed by atoms with Crippen LogP contribution in [0.25, 0.3) is 0 Å². The van der Waals surface area contributed by atoms with Crippen LogP contribution >= 0.6 is 0 Å². The van der Waals surface area contributed by atoms with E-state index >= 15 is 0 Å². The Kier molecular flexibility index (Phi) is 5.49. The molecule has 0 aliphatic carbocycles. The lowest BCUT2D eigenvalue weighted by atomic mass is 9.88. The maximum Gasteiger partial charge on any atom is 0.242 e. The summed E-state index contributed by atoms with van der Waals surface area (Å²) < 4.78 is 5.32. The molecule has 0 radical (unpaired) electrons. The number of ether oxygens (including phenoxy) is 1. The van der Waals surface area contributed by atoms with Crippen molar-refractivity contribution in [2.45, 2.75) is 33.2 Å². The standard InChI is InChI=1S/C22H26N2O3/c1-22(2,20(25)23-15-17-10-5-7-13-19(17)27-3)21(26)24-14-8-11-16-9-4-6-12-18(16)24/h4-7,9-10,12-13H,8,11,14-15H2,1-3H3,(H,23,25). The van der Waals surface area contributed by atoms with E-state index < -0.39 is 5.41 Å². The minimum Gasteiger partial charge on any atom is -0.496 e. The quantitative estimate of drug-likeness (QED) is 0.826. The highest BCUT2D eigenvalue weighted by molar-refractivity contribution is 6.11. The summed E-state index contributed by atoms with van der Waals surface area (Å²) in [5, 5.41) is 2.89. The van der Waals surface area contributed by atoms with Gasteiger partial charge >= 0.3 is 0 Å². The number of hydrogen-bond donors (Lipinski definition) is 1. The number of aryl methyl sites for hydroxylation is 1. The molecule has 3 rings (SSSR count). The first-order valence-corrected chi connectivity index (χ1v) is 9.25. The molecular weight excluding hydrogens is 340 g/mol. The third kappa shape index (κ3) is 3.82. The maximum absolute atomic E-state index is 13.2. The largest absolute Gasteiger partial charge is 0.496 e. The Morgan fingerprint density at radius 3 is 2.59 bits per heavy atom. The van der Waals surface area contributed by atoms with Crippen LogP contribution in [0.4, 0.5) is 5.69 Å². The van der Waals surface area contributed by atoms with Crippen LogP contribution in [-0.4, -0.2) is 25.5 Å². The second-order valence-electron chi connectivity index (χ2n) is 7.31. The van der Waals surface area contributed by atoms with Gasteiger partial charge in [-0.1, -0.05) is 36.4 Å². The molecular formula is C22H26N2O3. The third-order valence-corrected chi connectivity index (χ3v) is 5.09. The fourth-order valence-electron chi connectivity index (χ4n) is 3.42. The van der Waals surface area contributed by atoms with E-state index in [1.54, 1.807) is 25.9 Å². The summed E-state index contributed by atoms with van der Waals surface area (Å²) in [6, 6.07) is 15.4. The van der Waals surface area contributed by atoms with E-state index in [0.717, 1.165) is 29.7 Å². The number of hydrogen-bond acceptors (Lipinski definition) is 3. The fraction of sp³-hybridized carbons (Fsp3) is 0.364. The van der Waals surface area contributed by atoms with Crippen LogP contribution in [0.3, 0.4) is 0 Å². The molecule has 1 N–H and O–H groups in total. The van der Waals surface area contributed by atoms with Gasteiger partial charge in [-0.05, 0) is 44.4 Å². The molecule has 27 heavy (non-hydrogen) atoms. The highest BCUT2D eigenvalue weighted by atomic mass is 16.5. The molecule has 2 aromatic carbocycles. The van der Waals surface area contributed by atoms with Gasteiger partial charge in [-0.2, -0.15) is 0 Å². The predicted molar refractivity (Wildman–Crippen MR) is 106 cm³/mol. The van der Waals surface area contributed by atoms with Crippen molar-refractivity contribution in [3.8, 4) is 5.75 Å². The van der Waals surface area contributed by atoms with E-state index in [4.69, 9.17) is 4.74 Å². The van der Waals surface area contributed by atoms with E-state index in [1.807, 2.05) is 48.5 Å². The summed E-state index contributed by atoms with van der Waals surface area (Å²) in [6.07, 6.45) is 1.86. The smallest absolute Gasteiger partial charge is 0.242 e. The number of anilines is 1. The number of carbonyl (C=O) groups is 2. The molecule has 0 saturated carbocycles. The first-order chi connectivity index (χ1) is 12.9. The Balaban J connectivity index is 1.74. The Bertz CT molecular complexity index is 845. The van der Waals surface area contributed by atoms with Crippen LogP contribution < -0.4 is 15.0 Å². The molecule has 1 aliphatic heterocycles. The highest BCUT2D eigenvalue weighted by Gasteiger charge is 2.40. The van der Waals surface area contributed by atoms with Gasteiger partial charge in [-0.15, -0.1) is 0 Å². The zero-order valence-corrected chi connectivity index (χ0v) is 16.1. The minimum absolute atomic E-state index is 0.174. The first kappa shape index (κ1) is 19.0. The normalized spacial score (nSPS) is 13.7. The van der Waals surface area contributed by atoms with Gasteiger partial charge in [0.25, 0.3) is 0 Å². The molecule has 0 fully saturated rings. The molecule has 1 heterocycles. The van der Waals surface area contributed by atoms with Crippen LogP contribution in [0.1, 0.15) is 31.4 Å². The Morgan fingerprint density at radius 2 is 1.81 bits per heavy atom. The summed E-state index contributed by atoms with van der Waals surface area (Å²) in [6.45, 7) is 4.32. The molecule has 142 valence electrons. The zero-order chi connectivity index (χ0) is 19.4. The van der Waals surface area contributed by atoms with Gasteiger partial charge in [0.1, 0.15) is 11.2 Å². The molecule has 0 spiro atoms. The lowest BCUT2D eigenvalue weighted by Gasteiger charge is -2.35. The molecule has 1 aliphatic rings. The molecule has 0 atom stereocenters. The minimum atomic E-state index is -1.16. The van der Waals surface area contributed by atoms with Crippen LogP contribution in [-0.2, 0) is 22.6 Å². The van der Waals surface area contributed by atoms with Crippen molar-refractivity contribution in [1.29, 1.82) is 0 Å². The number of methoxy groups -OCH3 is 1. The SMILES string of the molecule is COc1ccccc1CNC(=O)C(C)(C)C(=O)N1CCCc2ccccc21. The first-order valence-electron chi connectivity index (χ1n) is 9.25. The third-order valence-electron chi connectivity index (χ3n) is 5.09. The van der Waals surface area contributed by atoms with Crippen LogP contribution in [0, 0.1) is 5.41 Å². The molecule has 0 unspecified atom stereocenters. The van der Waals surface area contributed by atoms with Gasteiger partial charge in [0.05, 0.1) is 7.11 Å². The second kappa shape index (κ2) is 7.82. The van der Waals surface area contributed by atoms with Crippen molar-refractivity contribution in [3.63, 3.8) is 0 Å². The molecule has 2 amide bonds. The lowest BCUT2D eigenvalue weighted by Crippen LogP contribution is -2.50. The van der Waals surface area contributed by atoms with Gasteiger partial charge in [-0.25, -0.2) is 0 Å². The van der Waals surface area contributed by atoms with Crippen molar-refractivity contribution < 1.29 is 14.3 Å². The number of nitrogens with zero attached hydrogens (tertiary/aromatic N) is 1. The maximum atomic E-state index is 13.2. The van der Waals surface area contributed by atoms with Crippen LogP contribution in [0.2, 0.25) is 0 Å². The molecule has 0 saturated heterocycles. The summed E-state index contributed by atoms with van der Waals surface area (Å²) in [5.74, 6) is 0.250. The van der Waals surface area contributed by atoms with Crippen LogP contribution in [0.15, 0.2) is 48.5 Å². The average Bonchev–Trinajstić information content (AvgIpc) is 2.71. The average molecular weight is 366 g/mol. The zero-order valence-electron chi connectivity index (χ0n) is 16.1. The van der Waals surface area contributed by atoms with E-state index in [9.17, 15) is 9.59 Å². The van der Waals surface area contributed by atoms with Crippen molar-refractivity contribution in [1.82, 2.24) is 5.32 Å².